The molecule has 172 valence electrons. The van der Waals surface area contributed by atoms with Crippen molar-refractivity contribution in [3.05, 3.63) is 145 Å². The first-order valence-corrected chi connectivity index (χ1v) is 13.0. The SMILES string of the molecule is c1ccc(-c2c3ccccc3c(-c3ccc4c(c3)-c3ccc5ccccc5c3C4)c3ccccc23)cc1. The molecular weight excluding hydrogens is 444 g/mol. The van der Waals surface area contributed by atoms with Gasteiger partial charge in [-0.25, -0.2) is 0 Å². The molecule has 1 aliphatic carbocycles. The largest absolute Gasteiger partial charge is 0.0622 e. The van der Waals surface area contributed by atoms with Crippen LogP contribution in [0.3, 0.4) is 0 Å². The summed E-state index contributed by atoms with van der Waals surface area (Å²) in [6.45, 7) is 0. The van der Waals surface area contributed by atoms with Gasteiger partial charge in [0.15, 0.2) is 0 Å². The minimum atomic E-state index is 1.00. The maximum atomic E-state index is 2.44. The molecule has 0 radical (unpaired) electrons. The van der Waals surface area contributed by atoms with Crippen molar-refractivity contribution in [1.82, 2.24) is 0 Å². The van der Waals surface area contributed by atoms with E-state index in [0.29, 0.717) is 0 Å². The van der Waals surface area contributed by atoms with Gasteiger partial charge in [0.1, 0.15) is 0 Å². The molecule has 8 rings (SSSR count). The molecule has 0 amide bonds. The van der Waals surface area contributed by atoms with Crippen molar-refractivity contribution in [2.45, 2.75) is 6.42 Å². The van der Waals surface area contributed by atoms with Crippen LogP contribution in [-0.2, 0) is 6.42 Å². The Hall–Kier alpha value is -4.68. The van der Waals surface area contributed by atoms with Crippen LogP contribution in [0.15, 0.2) is 133 Å². The van der Waals surface area contributed by atoms with E-state index in [9.17, 15) is 0 Å². The second kappa shape index (κ2) is 7.91. The molecular formula is C37H24. The molecule has 0 saturated heterocycles. The van der Waals surface area contributed by atoms with E-state index >= 15 is 0 Å². The smallest absolute Gasteiger partial charge is 0.000728 e. The first kappa shape index (κ1) is 20.5. The maximum absolute atomic E-state index is 2.44. The third kappa shape index (κ3) is 3.03. The Morgan fingerprint density at radius 1 is 0.378 bits per heavy atom. The van der Waals surface area contributed by atoms with Gasteiger partial charge in [-0.1, -0.05) is 127 Å². The maximum Gasteiger partial charge on any atom is -0.000728 e. The Labute approximate surface area is 216 Å². The lowest BCUT2D eigenvalue weighted by molar-refractivity contribution is 1.28. The van der Waals surface area contributed by atoms with Gasteiger partial charge in [-0.15, -0.1) is 0 Å². The summed E-state index contributed by atoms with van der Waals surface area (Å²) in [5, 5.41) is 7.90. The summed E-state index contributed by atoms with van der Waals surface area (Å²) in [6.07, 6.45) is 1.00. The van der Waals surface area contributed by atoms with Crippen molar-refractivity contribution >= 4 is 32.3 Å². The lowest BCUT2D eigenvalue weighted by Crippen LogP contribution is -1.91. The van der Waals surface area contributed by atoms with Gasteiger partial charge in [0.25, 0.3) is 0 Å². The summed E-state index contributed by atoms with van der Waals surface area (Å²) in [6, 6.07) is 49.1. The van der Waals surface area contributed by atoms with Gasteiger partial charge in [-0.2, -0.15) is 0 Å². The highest BCUT2D eigenvalue weighted by Crippen LogP contribution is 2.46. The molecule has 0 bridgehead atoms. The normalized spacial score (nSPS) is 12.2. The van der Waals surface area contributed by atoms with E-state index in [0.717, 1.165) is 6.42 Å². The average Bonchev–Trinajstić information content (AvgIpc) is 3.35. The standard InChI is InChI=1S/C37H24/c1-2-11-25(12-3-1)36-30-14-6-8-16-32(30)37(33-17-9-7-15-31(33)36)27-19-18-26-22-35-28-13-5-4-10-24(28)20-21-29(35)34(26)23-27/h1-21,23H,22H2. The fraction of sp³-hybridized carbons (Fsp3) is 0.0270. The number of fused-ring (bicyclic) bond motifs is 7. The average molecular weight is 469 g/mol. The van der Waals surface area contributed by atoms with Crippen LogP contribution in [0.1, 0.15) is 11.1 Å². The Bertz CT molecular complexity index is 1940. The molecule has 0 spiro atoms. The minimum absolute atomic E-state index is 1.00. The van der Waals surface area contributed by atoms with Gasteiger partial charge >= 0.3 is 0 Å². The van der Waals surface area contributed by atoms with Crippen molar-refractivity contribution in [2.24, 2.45) is 0 Å². The van der Waals surface area contributed by atoms with Crippen molar-refractivity contribution in [2.75, 3.05) is 0 Å². The van der Waals surface area contributed by atoms with Gasteiger partial charge in [0.05, 0.1) is 0 Å². The van der Waals surface area contributed by atoms with E-state index in [1.807, 2.05) is 0 Å². The van der Waals surface area contributed by atoms with Crippen LogP contribution in [0, 0.1) is 0 Å². The molecule has 1 aliphatic rings. The first-order valence-electron chi connectivity index (χ1n) is 13.0. The minimum Gasteiger partial charge on any atom is -0.0622 e. The Morgan fingerprint density at radius 2 is 0.946 bits per heavy atom. The zero-order chi connectivity index (χ0) is 24.3. The van der Waals surface area contributed by atoms with Gasteiger partial charge < -0.3 is 0 Å². The fourth-order valence-corrected chi connectivity index (χ4v) is 6.46. The molecule has 7 aromatic rings. The van der Waals surface area contributed by atoms with Crippen molar-refractivity contribution in [3.8, 4) is 33.4 Å². The van der Waals surface area contributed by atoms with Crippen LogP contribution < -0.4 is 0 Å². The molecule has 0 saturated carbocycles. The highest BCUT2D eigenvalue weighted by molar-refractivity contribution is 6.21. The monoisotopic (exact) mass is 468 g/mol. The summed E-state index contributed by atoms with van der Waals surface area (Å²) in [7, 11) is 0. The fourth-order valence-electron chi connectivity index (χ4n) is 6.46. The topological polar surface area (TPSA) is 0 Å². The third-order valence-electron chi connectivity index (χ3n) is 8.09. The van der Waals surface area contributed by atoms with Gasteiger partial charge in [-0.3, -0.25) is 0 Å². The predicted molar refractivity (Wildman–Crippen MR) is 158 cm³/mol. The predicted octanol–water partition coefficient (Wildman–Crippen LogP) is 10.1. The Morgan fingerprint density at radius 3 is 1.62 bits per heavy atom. The first-order chi connectivity index (χ1) is 18.4. The second-order valence-corrected chi connectivity index (χ2v) is 10.1. The van der Waals surface area contributed by atoms with Crippen molar-refractivity contribution in [3.63, 3.8) is 0 Å². The van der Waals surface area contributed by atoms with Crippen LogP contribution in [0.4, 0.5) is 0 Å². The second-order valence-electron chi connectivity index (χ2n) is 10.1. The third-order valence-corrected chi connectivity index (χ3v) is 8.09. The Kier molecular flexibility index (Phi) is 4.39. The number of benzene rings is 7. The number of hydrogen-bond acceptors (Lipinski definition) is 0. The number of rotatable bonds is 2. The molecule has 0 atom stereocenters. The Balaban J connectivity index is 1.43. The van der Waals surface area contributed by atoms with Crippen LogP contribution >= 0.6 is 0 Å². The molecule has 0 aromatic heterocycles. The molecule has 7 aromatic carbocycles. The van der Waals surface area contributed by atoms with E-state index in [-0.39, 0.29) is 0 Å². The zero-order valence-corrected chi connectivity index (χ0v) is 20.4. The van der Waals surface area contributed by atoms with Crippen LogP contribution in [-0.4, -0.2) is 0 Å². The van der Waals surface area contributed by atoms with Gasteiger partial charge in [0, 0.05) is 0 Å². The van der Waals surface area contributed by atoms with E-state index in [1.165, 1.54) is 76.8 Å². The summed E-state index contributed by atoms with van der Waals surface area (Å²) in [5.74, 6) is 0. The van der Waals surface area contributed by atoms with Crippen LogP contribution in [0.25, 0.3) is 65.7 Å². The van der Waals surface area contributed by atoms with Crippen molar-refractivity contribution in [1.29, 1.82) is 0 Å². The van der Waals surface area contributed by atoms with Gasteiger partial charge in [0.2, 0.25) is 0 Å². The van der Waals surface area contributed by atoms with E-state index < -0.39 is 0 Å². The number of hydrogen-bond donors (Lipinski definition) is 0. The van der Waals surface area contributed by atoms with Crippen LogP contribution in [0.5, 0.6) is 0 Å². The summed E-state index contributed by atoms with van der Waals surface area (Å²) >= 11 is 0. The molecule has 0 fully saturated rings. The van der Waals surface area contributed by atoms with E-state index in [4.69, 9.17) is 0 Å². The molecule has 0 nitrogen and oxygen atoms in total. The zero-order valence-electron chi connectivity index (χ0n) is 20.4. The van der Waals surface area contributed by atoms with Gasteiger partial charge in [-0.05, 0) is 89.3 Å². The van der Waals surface area contributed by atoms with Crippen molar-refractivity contribution < 1.29 is 0 Å². The molecule has 0 unspecified atom stereocenters. The lowest BCUT2D eigenvalue weighted by atomic mass is 9.85. The molecule has 0 N–H and O–H groups in total. The highest BCUT2D eigenvalue weighted by atomic mass is 14.3. The summed E-state index contributed by atoms with van der Waals surface area (Å²) in [4.78, 5) is 0. The summed E-state index contributed by atoms with van der Waals surface area (Å²) in [5.41, 5.74) is 10.8. The van der Waals surface area contributed by atoms with E-state index in [1.54, 1.807) is 0 Å². The summed E-state index contributed by atoms with van der Waals surface area (Å²) < 4.78 is 0. The highest BCUT2D eigenvalue weighted by Gasteiger charge is 2.22. The quantitative estimate of drug-likeness (QED) is 0.221. The molecule has 0 aliphatic heterocycles. The molecule has 37 heavy (non-hydrogen) atoms. The molecule has 0 heterocycles. The molecule has 0 heteroatoms. The van der Waals surface area contributed by atoms with Crippen LogP contribution in [0.2, 0.25) is 0 Å². The van der Waals surface area contributed by atoms with E-state index in [2.05, 4.69) is 133 Å². The lowest BCUT2D eigenvalue weighted by Gasteiger charge is -2.18.